The molecule has 1 heteroatoms. The topological polar surface area (TPSA) is 20.2 Å². The highest BCUT2D eigenvalue weighted by molar-refractivity contribution is 5.25. The molecular weight excluding hydrogens is 244 g/mol. The molecule has 0 aromatic rings. The van der Waals surface area contributed by atoms with Crippen LogP contribution in [0, 0.1) is 35.0 Å². The Labute approximate surface area is 123 Å². The molecule has 1 radical (unpaired) electrons. The van der Waals surface area contributed by atoms with Gasteiger partial charge >= 0.3 is 0 Å². The maximum Gasteiger partial charge on any atom is 0.0577 e. The fourth-order valence-corrected chi connectivity index (χ4v) is 6.38. The van der Waals surface area contributed by atoms with Crippen LogP contribution in [0.3, 0.4) is 0 Å². The summed E-state index contributed by atoms with van der Waals surface area (Å²) in [7, 11) is 0. The van der Waals surface area contributed by atoms with E-state index in [-0.39, 0.29) is 6.10 Å². The van der Waals surface area contributed by atoms with E-state index in [1.165, 1.54) is 38.5 Å². The third kappa shape index (κ3) is 1.71. The third-order valence-corrected chi connectivity index (χ3v) is 7.60. The predicted molar refractivity (Wildman–Crippen MR) is 82.0 cm³/mol. The molecular formula is C19H29O. The number of hydrogen-bond acceptors (Lipinski definition) is 1. The van der Waals surface area contributed by atoms with E-state index in [0.717, 1.165) is 30.6 Å². The van der Waals surface area contributed by atoms with Gasteiger partial charge in [0.05, 0.1) is 6.10 Å². The lowest BCUT2D eigenvalue weighted by atomic mass is 9.48. The highest BCUT2D eigenvalue weighted by Crippen LogP contribution is 2.64. The number of aliphatic hydroxyl groups excluding tert-OH is 1. The van der Waals surface area contributed by atoms with E-state index < -0.39 is 0 Å². The lowest BCUT2D eigenvalue weighted by Crippen LogP contribution is -2.49. The Morgan fingerprint density at radius 1 is 1.10 bits per heavy atom. The van der Waals surface area contributed by atoms with Gasteiger partial charge in [-0.3, -0.25) is 0 Å². The van der Waals surface area contributed by atoms with Crippen molar-refractivity contribution in [3.05, 3.63) is 18.1 Å². The Balaban J connectivity index is 1.68. The van der Waals surface area contributed by atoms with E-state index in [2.05, 4.69) is 26.3 Å². The van der Waals surface area contributed by atoms with Gasteiger partial charge in [0.15, 0.2) is 0 Å². The summed E-state index contributed by atoms with van der Waals surface area (Å²) < 4.78 is 0. The Hall–Kier alpha value is -0.300. The standard InChI is InChI=1S/C19H29O/c1-18-9-3-4-16(18)15-6-5-13-12-14(20)7-11-19(13,2)17(15)8-10-18/h5,9,14-17,20H,3-4,6-8,10-12H2,1-2H3/t14-,15-,16-,17-,18-,19-/m0/s1. The quantitative estimate of drug-likeness (QED) is 0.644. The van der Waals surface area contributed by atoms with Crippen molar-refractivity contribution in [2.24, 2.45) is 28.6 Å². The van der Waals surface area contributed by atoms with Gasteiger partial charge in [-0.25, -0.2) is 0 Å². The molecule has 3 fully saturated rings. The highest BCUT2D eigenvalue weighted by atomic mass is 16.3. The van der Waals surface area contributed by atoms with E-state index in [4.69, 9.17) is 0 Å². The van der Waals surface area contributed by atoms with Gasteiger partial charge in [-0.1, -0.05) is 25.5 Å². The summed E-state index contributed by atoms with van der Waals surface area (Å²) in [4.78, 5) is 0. The van der Waals surface area contributed by atoms with E-state index in [9.17, 15) is 5.11 Å². The summed E-state index contributed by atoms with van der Waals surface area (Å²) in [6, 6.07) is 0. The maximum absolute atomic E-state index is 10.0. The molecule has 0 amide bonds. The van der Waals surface area contributed by atoms with Gasteiger partial charge in [-0.05, 0) is 86.4 Å². The largest absolute Gasteiger partial charge is 0.393 e. The highest BCUT2D eigenvalue weighted by Gasteiger charge is 2.55. The second-order valence-corrected chi connectivity index (χ2v) is 8.48. The van der Waals surface area contributed by atoms with Crippen LogP contribution in [-0.2, 0) is 0 Å². The number of fused-ring (bicyclic) bond motifs is 5. The Morgan fingerprint density at radius 2 is 1.95 bits per heavy atom. The van der Waals surface area contributed by atoms with Crippen molar-refractivity contribution in [1.29, 1.82) is 0 Å². The third-order valence-electron chi connectivity index (χ3n) is 7.60. The Morgan fingerprint density at radius 3 is 2.80 bits per heavy atom. The summed E-state index contributed by atoms with van der Waals surface area (Å²) in [5, 5.41) is 10.0. The Bertz CT molecular complexity index is 439. The molecule has 0 heterocycles. The van der Waals surface area contributed by atoms with Crippen molar-refractivity contribution >= 4 is 0 Å². The molecule has 0 unspecified atom stereocenters. The minimum absolute atomic E-state index is 0.0699. The lowest BCUT2D eigenvalue weighted by molar-refractivity contribution is -0.0276. The average Bonchev–Trinajstić information content (AvgIpc) is 2.81. The zero-order valence-corrected chi connectivity index (χ0v) is 13.1. The first-order chi connectivity index (χ1) is 9.53. The normalized spacial score (nSPS) is 54.6. The van der Waals surface area contributed by atoms with Crippen LogP contribution in [-0.4, -0.2) is 11.2 Å². The van der Waals surface area contributed by atoms with Crippen LogP contribution in [0.4, 0.5) is 0 Å². The van der Waals surface area contributed by atoms with E-state index in [1.807, 2.05) is 0 Å². The van der Waals surface area contributed by atoms with Gasteiger partial charge in [-0.15, -0.1) is 0 Å². The van der Waals surface area contributed by atoms with Gasteiger partial charge in [0.1, 0.15) is 0 Å². The fraction of sp³-hybridized carbons (Fsp3) is 0.842. The van der Waals surface area contributed by atoms with Gasteiger partial charge in [-0.2, -0.15) is 0 Å². The van der Waals surface area contributed by atoms with Crippen LogP contribution < -0.4 is 0 Å². The summed E-state index contributed by atoms with van der Waals surface area (Å²) in [6.07, 6.45) is 15.2. The van der Waals surface area contributed by atoms with Crippen LogP contribution in [0.25, 0.3) is 0 Å². The Kier molecular flexibility index (Phi) is 2.91. The summed E-state index contributed by atoms with van der Waals surface area (Å²) in [5.41, 5.74) is 2.55. The molecule has 3 saturated carbocycles. The number of aliphatic hydroxyl groups is 1. The zero-order valence-electron chi connectivity index (χ0n) is 13.1. The van der Waals surface area contributed by atoms with Crippen LogP contribution in [0.5, 0.6) is 0 Å². The van der Waals surface area contributed by atoms with Crippen molar-refractivity contribution in [2.45, 2.75) is 71.3 Å². The zero-order chi connectivity index (χ0) is 14.0. The molecule has 4 aliphatic rings. The molecule has 0 saturated heterocycles. The molecule has 111 valence electrons. The van der Waals surface area contributed by atoms with Gasteiger partial charge in [0.2, 0.25) is 0 Å². The second-order valence-electron chi connectivity index (χ2n) is 8.48. The van der Waals surface area contributed by atoms with E-state index >= 15 is 0 Å². The average molecular weight is 273 g/mol. The molecule has 6 atom stereocenters. The molecule has 4 aliphatic carbocycles. The van der Waals surface area contributed by atoms with Gasteiger partial charge in [0.25, 0.3) is 0 Å². The summed E-state index contributed by atoms with van der Waals surface area (Å²) in [6.45, 7) is 5.04. The van der Waals surface area contributed by atoms with Crippen LogP contribution >= 0.6 is 0 Å². The first-order valence-corrected chi connectivity index (χ1v) is 8.75. The molecule has 4 rings (SSSR count). The van der Waals surface area contributed by atoms with Crippen molar-refractivity contribution < 1.29 is 5.11 Å². The predicted octanol–water partition coefficient (Wildman–Crippen LogP) is 4.51. The molecule has 0 aromatic carbocycles. The number of allylic oxidation sites excluding steroid dienone is 1. The maximum atomic E-state index is 10.0. The molecule has 0 spiro atoms. The SMILES string of the molecule is C[C@@]12[CH]CC[C@H]1[C@@H]1CC=C3C[C@@H](O)CC[C@]3(C)[C@H]1CC2. The molecule has 0 aliphatic heterocycles. The minimum atomic E-state index is -0.0699. The summed E-state index contributed by atoms with van der Waals surface area (Å²) >= 11 is 0. The van der Waals surface area contributed by atoms with Gasteiger partial charge < -0.3 is 5.11 Å². The first kappa shape index (κ1) is 13.4. The van der Waals surface area contributed by atoms with E-state index in [0.29, 0.717) is 10.8 Å². The molecule has 1 N–H and O–H groups in total. The van der Waals surface area contributed by atoms with Crippen molar-refractivity contribution in [1.82, 2.24) is 0 Å². The molecule has 1 nitrogen and oxygen atoms in total. The molecule has 0 aromatic heterocycles. The number of hydrogen-bond donors (Lipinski definition) is 1. The number of rotatable bonds is 0. The second kappa shape index (κ2) is 4.35. The fourth-order valence-electron chi connectivity index (χ4n) is 6.38. The van der Waals surface area contributed by atoms with Crippen LogP contribution in [0.15, 0.2) is 11.6 Å². The van der Waals surface area contributed by atoms with Crippen LogP contribution in [0.1, 0.15) is 65.2 Å². The van der Waals surface area contributed by atoms with Crippen LogP contribution in [0.2, 0.25) is 0 Å². The monoisotopic (exact) mass is 273 g/mol. The summed E-state index contributed by atoms with van der Waals surface area (Å²) in [5.74, 6) is 2.73. The van der Waals surface area contributed by atoms with Crippen molar-refractivity contribution in [3.63, 3.8) is 0 Å². The molecule has 20 heavy (non-hydrogen) atoms. The lowest BCUT2D eigenvalue weighted by Gasteiger charge is -2.57. The minimum Gasteiger partial charge on any atom is -0.393 e. The van der Waals surface area contributed by atoms with Gasteiger partial charge in [0, 0.05) is 0 Å². The van der Waals surface area contributed by atoms with E-state index in [1.54, 1.807) is 5.57 Å². The molecule has 0 bridgehead atoms. The smallest absolute Gasteiger partial charge is 0.0577 e. The first-order valence-electron chi connectivity index (χ1n) is 8.75. The van der Waals surface area contributed by atoms with Crippen molar-refractivity contribution in [2.75, 3.05) is 0 Å². The van der Waals surface area contributed by atoms with Crippen molar-refractivity contribution in [3.8, 4) is 0 Å².